The number of anilines is 1. The van der Waals surface area contributed by atoms with Crippen molar-refractivity contribution in [3.8, 4) is 0 Å². The number of rotatable bonds is 6. The van der Waals surface area contributed by atoms with Crippen LogP contribution in [0.4, 0.5) is 5.69 Å². The average Bonchev–Trinajstić information content (AvgIpc) is 2.34. The molecule has 0 aliphatic heterocycles. The maximum Gasteiger partial charge on any atom is 0.243 e. The molecule has 108 valence electrons. The third-order valence-corrected chi connectivity index (χ3v) is 5.38. The molecule has 0 atom stereocenters. The Labute approximate surface area is 116 Å². The maximum absolute atomic E-state index is 12.7. The minimum Gasteiger partial charge on any atom is -0.398 e. The molecular formula is C14H24N2O2S. The number of sulfonamides is 1. The van der Waals surface area contributed by atoms with E-state index in [1.165, 1.54) is 4.31 Å². The summed E-state index contributed by atoms with van der Waals surface area (Å²) in [5.41, 5.74) is 7.92. The Balaban J connectivity index is 3.25. The predicted molar refractivity (Wildman–Crippen MR) is 79.7 cm³/mol. The molecule has 0 spiro atoms. The molecule has 4 nitrogen and oxygen atoms in total. The van der Waals surface area contributed by atoms with E-state index in [4.69, 9.17) is 5.73 Å². The van der Waals surface area contributed by atoms with Crippen LogP contribution in [-0.4, -0.2) is 25.8 Å². The minimum absolute atomic E-state index is 0.336. The van der Waals surface area contributed by atoms with Gasteiger partial charge in [-0.1, -0.05) is 20.3 Å². The summed E-state index contributed by atoms with van der Waals surface area (Å²) in [6.45, 7) is 8.57. The molecule has 0 saturated heterocycles. The van der Waals surface area contributed by atoms with Crippen LogP contribution in [0.25, 0.3) is 0 Å². The molecule has 0 fully saturated rings. The zero-order valence-corrected chi connectivity index (χ0v) is 13.0. The second-order valence-electron chi connectivity index (χ2n) is 4.83. The highest BCUT2D eigenvalue weighted by atomic mass is 32.2. The Morgan fingerprint density at radius 1 is 1.21 bits per heavy atom. The Morgan fingerprint density at radius 2 is 1.84 bits per heavy atom. The molecule has 0 aliphatic rings. The fraction of sp³-hybridized carbons (Fsp3) is 0.571. The summed E-state index contributed by atoms with van der Waals surface area (Å²) in [7, 11) is -3.45. The van der Waals surface area contributed by atoms with Gasteiger partial charge in [0.15, 0.2) is 0 Å². The molecule has 1 aromatic carbocycles. The third kappa shape index (κ3) is 3.48. The van der Waals surface area contributed by atoms with E-state index in [0.29, 0.717) is 29.2 Å². The molecule has 0 amide bonds. The van der Waals surface area contributed by atoms with Crippen molar-refractivity contribution in [2.24, 2.45) is 0 Å². The quantitative estimate of drug-likeness (QED) is 0.817. The van der Waals surface area contributed by atoms with E-state index in [1.54, 1.807) is 19.1 Å². The van der Waals surface area contributed by atoms with Gasteiger partial charge in [0, 0.05) is 18.8 Å². The van der Waals surface area contributed by atoms with Crippen LogP contribution in [0.3, 0.4) is 0 Å². The number of nitrogens with zero attached hydrogens (tertiary/aromatic N) is 1. The second-order valence-corrected chi connectivity index (χ2v) is 6.73. The van der Waals surface area contributed by atoms with E-state index in [9.17, 15) is 8.42 Å². The van der Waals surface area contributed by atoms with Gasteiger partial charge in [0.05, 0.1) is 4.90 Å². The fourth-order valence-electron chi connectivity index (χ4n) is 2.04. The van der Waals surface area contributed by atoms with E-state index in [0.717, 1.165) is 18.4 Å². The number of nitrogen functional groups attached to an aromatic ring is 1. The lowest BCUT2D eigenvalue weighted by molar-refractivity contribution is 0.418. The molecule has 1 rings (SSSR count). The first-order valence-electron chi connectivity index (χ1n) is 6.71. The lowest BCUT2D eigenvalue weighted by atomic mass is 10.1. The smallest absolute Gasteiger partial charge is 0.243 e. The second kappa shape index (κ2) is 6.39. The predicted octanol–water partition coefficient (Wildman–Crippen LogP) is 2.70. The normalized spacial score (nSPS) is 12.1. The number of aryl methyl sites for hydroxylation is 1. The van der Waals surface area contributed by atoms with Gasteiger partial charge in [-0.2, -0.15) is 4.31 Å². The van der Waals surface area contributed by atoms with E-state index < -0.39 is 10.0 Å². The van der Waals surface area contributed by atoms with Crippen LogP contribution >= 0.6 is 0 Å². The number of nitrogens with two attached hydrogens (primary N) is 1. The van der Waals surface area contributed by atoms with Gasteiger partial charge in [0.25, 0.3) is 0 Å². The fourth-order valence-corrected chi connectivity index (χ4v) is 3.87. The van der Waals surface area contributed by atoms with Crippen LogP contribution in [0, 0.1) is 13.8 Å². The number of benzene rings is 1. The molecule has 19 heavy (non-hydrogen) atoms. The van der Waals surface area contributed by atoms with E-state index in [-0.39, 0.29) is 0 Å². The molecule has 0 radical (unpaired) electrons. The number of unbranched alkanes of at least 4 members (excludes halogenated alkanes) is 1. The van der Waals surface area contributed by atoms with Gasteiger partial charge in [-0.15, -0.1) is 0 Å². The molecule has 1 aromatic rings. The highest BCUT2D eigenvalue weighted by Gasteiger charge is 2.25. The highest BCUT2D eigenvalue weighted by Crippen LogP contribution is 2.26. The van der Waals surface area contributed by atoms with Crippen molar-refractivity contribution in [2.45, 2.75) is 45.4 Å². The van der Waals surface area contributed by atoms with Crippen molar-refractivity contribution < 1.29 is 8.42 Å². The van der Waals surface area contributed by atoms with Gasteiger partial charge < -0.3 is 5.73 Å². The van der Waals surface area contributed by atoms with Crippen molar-refractivity contribution in [1.82, 2.24) is 4.31 Å². The zero-order valence-electron chi connectivity index (χ0n) is 12.2. The summed E-state index contributed by atoms with van der Waals surface area (Å²) >= 11 is 0. The first-order chi connectivity index (χ1) is 8.84. The molecule has 0 unspecified atom stereocenters. The van der Waals surface area contributed by atoms with E-state index >= 15 is 0 Å². The number of hydrogen-bond acceptors (Lipinski definition) is 3. The lowest BCUT2D eigenvalue weighted by Crippen LogP contribution is -2.32. The third-order valence-electron chi connectivity index (χ3n) is 3.28. The lowest BCUT2D eigenvalue weighted by Gasteiger charge is -2.22. The van der Waals surface area contributed by atoms with Crippen LogP contribution in [-0.2, 0) is 10.0 Å². The SMILES string of the molecule is CCCCN(CC)S(=O)(=O)c1cc(C)cc(N)c1C. The highest BCUT2D eigenvalue weighted by molar-refractivity contribution is 7.89. The van der Waals surface area contributed by atoms with Crippen LogP contribution in [0.2, 0.25) is 0 Å². The Morgan fingerprint density at radius 3 is 2.37 bits per heavy atom. The van der Waals surface area contributed by atoms with Gasteiger partial charge in [-0.05, 0) is 43.5 Å². The molecule has 5 heteroatoms. The largest absolute Gasteiger partial charge is 0.398 e. The van der Waals surface area contributed by atoms with Crippen LogP contribution in [0.15, 0.2) is 17.0 Å². The molecule has 0 bridgehead atoms. The Hall–Kier alpha value is -1.07. The first-order valence-corrected chi connectivity index (χ1v) is 8.15. The topological polar surface area (TPSA) is 63.4 Å². The van der Waals surface area contributed by atoms with E-state index in [1.807, 2.05) is 13.8 Å². The monoisotopic (exact) mass is 284 g/mol. The molecule has 0 heterocycles. The van der Waals surface area contributed by atoms with Gasteiger partial charge in [-0.25, -0.2) is 8.42 Å². The van der Waals surface area contributed by atoms with Crippen LogP contribution < -0.4 is 5.73 Å². The molecule has 0 saturated carbocycles. The Bertz CT molecular complexity index is 539. The minimum atomic E-state index is -3.45. The van der Waals surface area contributed by atoms with Crippen molar-refractivity contribution in [3.05, 3.63) is 23.3 Å². The summed E-state index contributed by atoms with van der Waals surface area (Å²) in [6.07, 6.45) is 1.84. The van der Waals surface area contributed by atoms with E-state index in [2.05, 4.69) is 6.92 Å². The number of hydrogen-bond donors (Lipinski definition) is 1. The van der Waals surface area contributed by atoms with Gasteiger partial charge in [-0.3, -0.25) is 0 Å². The van der Waals surface area contributed by atoms with Crippen LogP contribution in [0.5, 0.6) is 0 Å². The molecule has 2 N–H and O–H groups in total. The average molecular weight is 284 g/mol. The summed E-state index contributed by atoms with van der Waals surface area (Å²) < 4.78 is 26.9. The molecule has 0 aromatic heterocycles. The van der Waals surface area contributed by atoms with Crippen molar-refractivity contribution in [1.29, 1.82) is 0 Å². The summed E-state index contributed by atoms with van der Waals surface area (Å²) in [5.74, 6) is 0. The summed E-state index contributed by atoms with van der Waals surface area (Å²) in [6, 6.07) is 3.51. The van der Waals surface area contributed by atoms with Gasteiger partial charge in [0.1, 0.15) is 0 Å². The zero-order chi connectivity index (χ0) is 14.6. The van der Waals surface area contributed by atoms with Crippen molar-refractivity contribution >= 4 is 15.7 Å². The Kier molecular flexibility index (Phi) is 5.38. The first kappa shape index (κ1) is 16.0. The molecule has 0 aliphatic carbocycles. The van der Waals surface area contributed by atoms with Gasteiger partial charge >= 0.3 is 0 Å². The van der Waals surface area contributed by atoms with Crippen LogP contribution in [0.1, 0.15) is 37.8 Å². The summed E-state index contributed by atoms with van der Waals surface area (Å²) in [4.78, 5) is 0.336. The summed E-state index contributed by atoms with van der Waals surface area (Å²) in [5, 5.41) is 0. The standard InChI is InChI=1S/C14H24N2O2S/c1-5-7-8-16(6-2)19(17,18)14-10-11(3)9-13(15)12(14)4/h9-10H,5-8,15H2,1-4H3. The maximum atomic E-state index is 12.7. The van der Waals surface area contributed by atoms with Crippen molar-refractivity contribution in [2.75, 3.05) is 18.8 Å². The van der Waals surface area contributed by atoms with Crippen molar-refractivity contribution in [3.63, 3.8) is 0 Å². The van der Waals surface area contributed by atoms with Gasteiger partial charge in [0.2, 0.25) is 10.0 Å². The molecular weight excluding hydrogens is 260 g/mol.